The average Bonchev–Trinajstić information content (AvgIpc) is 2.16. The van der Waals surface area contributed by atoms with E-state index in [1.165, 1.54) is 19.3 Å². The van der Waals surface area contributed by atoms with Crippen molar-refractivity contribution in [3.8, 4) is 0 Å². The third-order valence-corrected chi connectivity index (χ3v) is 3.38. The Balaban J connectivity index is 2.08. The molecule has 0 aromatic carbocycles. The summed E-state index contributed by atoms with van der Waals surface area (Å²) in [5.41, 5.74) is 0.268. The van der Waals surface area contributed by atoms with Gasteiger partial charge in [0.1, 0.15) is 17.2 Å². The summed E-state index contributed by atoms with van der Waals surface area (Å²) < 4.78 is 0. The summed E-state index contributed by atoms with van der Waals surface area (Å²) in [5, 5.41) is 4.48. The number of aromatic nitrogens is 2. The Morgan fingerprint density at radius 1 is 1.43 bits per heavy atom. The van der Waals surface area contributed by atoms with Crippen LogP contribution in [0.1, 0.15) is 26.2 Å². The summed E-state index contributed by atoms with van der Waals surface area (Å²) in [4.78, 5) is 8.36. The third kappa shape index (κ3) is 2.00. The second-order valence-electron chi connectivity index (χ2n) is 3.98. The van der Waals surface area contributed by atoms with Gasteiger partial charge >= 0.3 is 0 Å². The SMILES string of the molecule is CSc1cc(NC2(C)CCC2)ncn1. The third-order valence-electron chi connectivity index (χ3n) is 2.74. The monoisotopic (exact) mass is 209 g/mol. The summed E-state index contributed by atoms with van der Waals surface area (Å²) in [6.07, 6.45) is 7.45. The maximum absolute atomic E-state index is 4.22. The van der Waals surface area contributed by atoms with E-state index in [9.17, 15) is 0 Å². The summed E-state index contributed by atoms with van der Waals surface area (Å²) >= 11 is 1.64. The van der Waals surface area contributed by atoms with Crippen molar-refractivity contribution in [2.75, 3.05) is 11.6 Å². The van der Waals surface area contributed by atoms with E-state index in [0.29, 0.717) is 0 Å². The highest BCUT2D eigenvalue weighted by molar-refractivity contribution is 7.98. The highest BCUT2D eigenvalue weighted by Gasteiger charge is 2.31. The maximum atomic E-state index is 4.22. The summed E-state index contributed by atoms with van der Waals surface area (Å²) in [6, 6.07) is 2.01. The Labute approximate surface area is 88.7 Å². The van der Waals surface area contributed by atoms with E-state index in [4.69, 9.17) is 0 Å². The van der Waals surface area contributed by atoms with Gasteiger partial charge in [-0.25, -0.2) is 9.97 Å². The van der Waals surface area contributed by atoms with Gasteiger partial charge in [0.25, 0.3) is 0 Å². The summed E-state index contributed by atoms with van der Waals surface area (Å²) in [7, 11) is 0. The van der Waals surface area contributed by atoms with Crippen molar-refractivity contribution in [1.29, 1.82) is 0 Å². The first kappa shape index (κ1) is 9.77. The molecule has 14 heavy (non-hydrogen) atoms. The normalized spacial score (nSPS) is 18.7. The van der Waals surface area contributed by atoms with Crippen molar-refractivity contribution in [3.63, 3.8) is 0 Å². The molecule has 76 valence electrons. The molecule has 1 aromatic heterocycles. The van der Waals surface area contributed by atoms with Crippen LogP contribution in [0.4, 0.5) is 5.82 Å². The molecule has 1 fully saturated rings. The standard InChI is InChI=1S/C10H15N3S/c1-10(4-3-5-10)13-8-6-9(14-2)12-7-11-8/h6-7H,3-5H2,1-2H3,(H,11,12,13). The Morgan fingerprint density at radius 3 is 2.79 bits per heavy atom. The Kier molecular flexibility index (Phi) is 2.63. The number of rotatable bonds is 3. The lowest BCUT2D eigenvalue weighted by atomic mass is 9.78. The first-order chi connectivity index (χ1) is 6.72. The van der Waals surface area contributed by atoms with E-state index < -0.39 is 0 Å². The molecule has 2 rings (SSSR count). The van der Waals surface area contributed by atoms with Gasteiger partial charge in [-0.05, 0) is 32.4 Å². The van der Waals surface area contributed by atoms with Gasteiger partial charge in [0.15, 0.2) is 0 Å². The van der Waals surface area contributed by atoms with Gasteiger partial charge in [0.2, 0.25) is 0 Å². The van der Waals surface area contributed by atoms with Gasteiger partial charge in [-0.2, -0.15) is 0 Å². The second-order valence-corrected chi connectivity index (χ2v) is 4.81. The number of nitrogens with zero attached hydrogens (tertiary/aromatic N) is 2. The fourth-order valence-electron chi connectivity index (χ4n) is 1.66. The van der Waals surface area contributed by atoms with Crippen LogP contribution in [0.2, 0.25) is 0 Å². The van der Waals surface area contributed by atoms with E-state index in [-0.39, 0.29) is 5.54 Å². The van der Waals surface area contributed by atoms with Crippen LogP contribution < -0.4 is 5.32 Å². The molecule has 0 spiro atoms. The zero-order valence-electron chi connectivity index (χ0n) is 8.58. The predicted octanol–water partition coefficient (Wildman–Crippen LogP) is 2.55. The van der Waals surface area contributed by atoms with Gasteiger partial charge in [-0.15, -0.1) is 11.8 Å². The van der Waals surface area contributed by atoms with Crippen LogP contribution in [0, 0.1) is 0 Å². The maximum Gasteiger partial charge on any atom is 0.130 e. The fourth-order valence-corrected chi connectivity index (χ4v) is 2.04. The Bertz CT molecular complexity index is 323. The minimum Gasteiger partial charge on any atom is -0.365 e. The quantitative estimate of drug-likeness (QED) is 0.613. The predicted molar refractivity (Wildman–Crippen MR) is 59.7 cm³/mol. The molecule has 0 unspecified atom stereocenters. The molecule has 3 nitrogen and oxygen atoms in total. The molecule has 1 aliphatic rings. The molecule has 0 aliphatic heterocycles. The lowest BCUT2D eigenvalue weighted by molar-refractivity contribution is 0.305. The van der Waals surface area contributed by atoms with Crippen molar-refractivity contribution in [3.05, 3.63) is 12.4 Å². The van der Waals surface area contributed by atoms with Crippen LogP contribution in [0.25, 0.3) is 0 Å². The second kappa shape index (κ2) is 3.77. The van der Waals surface area contributed by atoms with Gasteiger partial charge in [0, 0.05) is 11.6 Å². The number of hydrogen-bond donors (Lipinski definition) is 1. The number of thioether (sulfide) groups is 1. The molecule has 4 heteroatoms. The minimum atomic E-state index is 0.268. The molecular formula is C10H15N3S. The number of nitrogens with one attached hydrogen (secondary N) is 1. The molecule has 1 N–H and O–H groups in total. The van der Waals surface area contributed by atoms with Crippen LogP contribution in [0.15, 0.2) is 17.4 Å². The first-order valence-corrected chi connectivity index (χ1v) is 6.09. The summed E-state index contributed by atoms with van der Waals surface area (Å²) in [6.45, 7) is 2.25. The van der Waals surface area contributed by atoms with Crippen LogP contribution in [-0.2, 0) is 0 Å². The lowest BCUT2D eigenvalue weighted by Gasteiger charge is -2.39. The Morgan fingerprint density at radius 2 is 2.21 bits per heavy atom. The van der Waals surface area contributed by atoms with E-state index in [1.807, 2.05) is 12.3 Å². The zero-order chi connectivity index (χ0) is 10.0. The van der Waals surface area contributed by atoms with Gasteiger partial charge in [-0.3, -0.25) is 0 Å². The highest BCUT2D eigenvalue weighted by Crippen LogP contribution is 2.34. The van der Waals surface area contributed by atoms with Crippen LogP contribution in [-0.4, -0.2) is 21.8 Å². The molecule has 1 heterocycles. The van der Waals surface area contributed by atoms with Gasteiger partial charge in [0.05, 0.1) is 0 Å². The number of anilines is 1. The smallest absolute Gasteiger partial charge is 0.130 e. The summed E-state index contributed by atoms with van der Waals surface area (Å²) in [5.74, 6) is 0.951. The number of hydrogen-bond acceptors (Lipinski definition) is 4. The largest absolute Gasteiger partial charge is 0.365 e. The minimum absolute atomic E-state index is 0.268. The average molecular weight is 209 g/mol. The molecule has 0 bridgehead atoms. The zero-order valence-corrected chi connectivity index (χ0v) is 9.40. The fraction of sp³-hybridized carbons (Fsp3) is 0.600. The van der Waals surface area contributed by atoms with Crippen molar-refractivity contribution < 1.29 is 0 Å². The molecule has 0 amide bonds. The van der Waals surface area contributed by atoms with Crippen LogP contribution >= 0.6 is 11.8 Å². The van der Waals surface area contributed by atoms with Crippen LogP contribution in [0.5, 0.6) is 0 Å². The van der Waals surface area contributed by atoms with E-state index >= 15 is 0 Å². The van der Waals surface area contributed by atoms with Crippen molar-refractivity contribution in [2.45, 2.75) is 36.8 Å². The van der Waals surface area contributed by atoms with E-state index in [0.717, 1.165) is 10.8 Å². The van der Waals surface area contributed by atoms with Crippen LogP contribution in [0.3, 0.4) is 0 Å². The molecular weight excluding hydrogens is 194 g/mol. The van der Waals surface area contributed by atoms with Crippen molar-refractivity contribution in [2.24, 2.45) is 0 Å². The van der Waals surface area contributed by atoms with Crippen molar-refractivity contribution >= 4 is 17.6 Å². The van der Waals surface area contributed by atoms with E-state index in [2.05, 4.69) is 22.2 Å². The molecule has 1 saturated carbocycles. The molecule has 1 aromatic rings. The van der Waals surface area contributed by atoms with Gasteiger partial charge < -0.3 is 5.32 Å². The van der Waals surface area contributed by atoms with E-state index in [1.54, 1.807) is 18.1 Å². The Hall–Kier alpha value is -0.770. The van der Waals surface area contributed by atoms with Crippen molar-refractivity contribution in [1.82, 2.24) is 9.97 Å². The molecule has 0 atom stereocenters. The molecule has 0 radical (unpaired) electrons. The first-order valence-electron chi connectivity index (χ1n) is 4.86. The highest BCUT2D eigenvalue weighted by atomic mass is 32.2. The lowest BCUT2D eigenvalue weighted by Crippen LogP contribution is -2.41. The molecule has 0 saturated heterocycles. The molecule has 1 aliphatic carbocycles. The van der Waals surface area contributed by atoms with Gasteiger partial charge in [-0.1, -0.05) is 0 Å². The topological polar surface area (TPSA) is 37.8 Å².